The number of alkyl halides is 3. The molecule has 0 aliphatic rings. The molecule has 0 bridgehead atoms. The zero-order valence-electron chi connectivity index (χ0n) is 12.0. The number of nitrogens with one attached hydrogen (secondary N) is 1. The Kier molecular flexibility index (Phi) is 5.35. The molecule has 0 aliphatic heterocycles. The molecule has 126 valence electrons. The zero-order valence-corrected chi connectivity index (χ0v) is 12.0. The fourth-order valence-corrected chi connectivity index (χ4v) is 1.63. The Morgan fingerprint density at radius 3 is 2.42 bits per heavy atom. The van der Waals surface area contributed by atoms with Crippen LogP contribution in [0, 0.1) is 0 Å². The van der Waals surface area contributed by atoms with E-state index in [2.05, 4.69) is 15.0 Å². The lowest BCUT2D eigenvalue weighted by molar-refractivity contribution is -0.274. The molecule has 0 saturated carbocycles. The third-order valence-corrected chi connectivity index (χ3v) is 2.60. The van der Waals surface area contributed by atoms with Crippen molar-refractivity contribution in [2.45, 2.75) is 6.36 Å². The smallest absolute Gasteiger partial charge is 0.452 e. The molecule has 0 unspecified atom stereocenters. The summed E-state index contributed by atoms with van der Waals surface area (Å²) < 4.78 is 44.6. The lowest BCUT2D eigenvalue weighted by Gasteiger charge is -2.10. The van der Waals surface area contributed by atoms with Gasteiger partial charge in [-0.1, -0.05) is 0 Å². The number of carbonyl (C=O) groups is 2. The average Bonchev–Trinajstić information content (AvgIpc) is 2.54. The van der Waals surface area contributed by atoms with Crippen molar-refractivity contribution < 1.29 is 32.2 Å². The molecular weight excluding hydrogens is 329 g/mol. The second kappa shape index (κ2) is 7.44. The number of hydrogen-bond acceptors (Lipinski definition) is 5. The SMILES string of the molecule is O=C(COC(=O)c1cccnc1)Nc1ccc(OC(F)(F)F)cc1. The molecule has 0 saturated heterocycles. The Morgan fingerprint density at radius 2 is 1.83 bits per heavy atom. The van der Waals surface area contributed by atoms with Crippen LogP contribution in [0.15, 0.2) is 48.8 Å². The highest BCUT2D eigenvalue weighted by atomic mass is 19.4. The van der Waals surface area contributed by atoms with Crippen molar-refractivity contribution in [1.82, 2.24) is 4.98 Å². The Morgan fingerprint density at radius 1 is 1.12 bits per heavy atom. The first-order valence-electron chi connectivity index (χ1n) is 6.56. The third-order valence-electron chi connectivity index (χ3n) is 2.60. The molecule has 0 radical (unpaired) electrons. The average molecular weight is 340 g/mol. The molecule has 0 fully saturated rings. The summed E-state index contributed by atoms with van der Waals surface area (Å²) in [7, 11) is 0. The highest BCUT2D eigenvalue weighted by Gasteiger charge is 2.30. The maximum Gasteiger partial charge on any atom is 0.573 e. The molecule has 1 N–H and O–H groups in total. The molecule has 0 atom stereocenters. The van der Waals surface area contributed by atoms with E-state index in [9.17, 15) is 22.8 Å². The molecule has 24 heavy (non-hydrogen) atoms. The topological polar surface area (TPSA) is 77.5 Å². The fraction of sp³-hybridized carbons (Fsp3) is 0.133. The number of ether oxygens (including phenoxy) is 2. The predicted octanol–water partition coefficient (Wildman–Crippen LogP) is 2.78. The number of rotatable bonds is 5. The van der Waals surface area contributed by atoms with Crippen LogP contribution in [-0.2, 0) is 9.53 Å². The Balaban J connectivity index is 1.83. The summed E-state index contributed by atoms with van der Waals surface area (Å²) >= 11 is 0. The van der Waals surface area contributed by atoms with Crippen LogP contribution in [-0.4, -0.2) is 29.8 Å². The summed E-state index contributed by atoms with van der Waals surface area (Å²) in [6, 6.07) is 7.56. The van der Waals surface area contributed by atoms with Gasteiger partial charge in [0.15, 0.2) is 6.61 Å². The maximum atomic E-state index is 12.0. The Hall–Kier alpha value is -3.10. The number of benzene rings is 1. The second-order valence-corrected chi connectivity index (χ2v) is 4.44. The van der Waals surface area contributed by atoms with Gasteiger partial charge in [0, 0.05) is 18.1 Å². The highest BCUT2D eigenvalue weighted by Crippen LogP contribution is 2.23. The third kappa shape index (κ3) is 5.59. The molecule has 1 aromatic heterocycles. The second-order valence-electron chi connectivity index (χ2n) is 4.44. The molecule has 9 heteroatoms. The summed E-state index contributed by atoms with van der Waals surface area (Å²) in [5.74, 6) is -1.77. The summed E-state index contributed by atoms with van der Waals surface area (Å²) in [5.41, 5.74) is 0.422. The van der Waals surface area contributed by atoms with E-state index >= 15 is 0 Å². The number of pyridine rings is 1. The number of halogens is 3. The van der Waals surface area contributed by atoms with Gasteiger partial charge in [-0.15, -0.1) is 13.2 Å². The molecule has 6 nitrogen and oxygen atoms in total. The van der Waals surface area contributed by atoms with E-state index in [1.807, 2.05) is 0 Å². The van der Waals surface area contributed by atoms with Crippen molar-refractivity contribution in [3.05, 3.63) is 54.4 Å². The van der Waals surface area contributed by atoms with Gasteiger partial charge in [0.05, 0.1) is 5.56 Å². The number of carbonyl (C=O) groups excluding carboxylic acids is 2. The van der Waals surface area contributed by atoms with Gasteiger partial charge in [-0.05, 0) is 36.4 Å². The van der Waals surface area contributed by atoms with E-state index in [0.717, 1.165) is 12.1 Å². The number of amides is 1. The van der Waals surface area contributed by atoms with E-state index in [0.29, 0.717) is 0 Å². The largest absolute Gasteiger partial charge is 0.573 e. The minimum absolute atomic E-state index is 0.193. The van der Waals surface area contributed by atoms with Crippen molar-refractivity contribution in [2.75, 3.05) is 11.9 Å². The highest BCUT2D eigenvalue weighted by molar-refractivity contribution is 5.95. The quantitative estimate of drug-likeness (QED) is 0.847. The first-order chi connectivity index (χ1) is 11.3. The van der Waals surface area contributed by atoms with E-state index in [1.165, 1.54) is 30.6 Å². The molecule has 1 aromatic carbocycles. The summed E-state index contributed by atoms with van der Waals surface area (Å²) in [6.07, 6.45) is -2.01. The van der Waals surface area contributed by atoms with Crippen LogP contribution in [0.4, 0.5) is 18.9 Å². The van der Waals surface area contributed by atoms with E-state index in [1.54, 1.807) is 6.07 Å². The van der Waals surface area contributed by atoms with Crippen LogP contribution in [0.1, 0.15) is 10.4 Å². The lowest BCUT2D eigenvalue weighted by atomic mass is 10.3. The fourth-order valence-electron chi connectivity index (χ4n) is 1.63. The number of anilines is 1. The number of hydrogen-bond donors (Lipinski definition) is 1. The number of aromatic nitrogens is 1. The number of nitrogens with zero attached hydrogens (tertiary/aromatic N) is 1. The van der Waals surface area contributed by atoms with Crippen molar-refractivity contribution in [1.29, 1.82) is 0 Å². The molecular formula is C15H11F3N2O4. The van der Waals surface area contributed by atoms with Crippen molar-refractivity contribution in [3.63, 3.8) is 0 Å². The monoisotopic (exact) mass is 340 g/mol. The Bertz CT molecular complexity index is 703. The minimum atomic E-state index is -4.79. The van der Waals surface area contributed by atoms with Crippen LogP contribution in [0.2, 0.25) is 0 Å². The predicted molar refractivity (Wildman–Crippen MR) is 76.3 cm³/mol. The van der Waals surface area contributed by atoms with E-state index in [4.69, 9.17) is 4.74 Å². The first kappa shape index (κ1) is 17.3. The van der Waals surface area contributed by atoms with Gasteiger partial charge in [0.25, 0.3) is 5.91 Å². The standard InChI is InChI=1S/C15H11F3N2O4/c16-15(17,18)24-12-5-3-11(4-6-12)20-13(21)9-23-14(22)10-2-1-7-19-8-10/h1-8H,9H2,(H,20,21). The van der Waals surface area contributed by atoms with Crippen LogP contribution in [0.5, 0.6) is 5.75 Å². The first-order valence-corrected chi connectivity index (χ1v) is 6.56. The molecule has 1 heterocycles. The van der Waals surface area contributed by atoms with Crippen LogP contribution < -0.4 is 10.1 Å². The van der Waals surface area contributed by atoms with Crippen LogP contribution >= 0.6 is 0 Å². The van der Waals surface area contributed by atoms with Gasteiger partial charge in [-0.25, -0.2) is 4.79 Å². The molecule has 2 rings (SSSR count). The van der Waals surface area contributed by atoms with Gasteiger partial charge in [-0.3, -0.25) is 9.78 Å². The number of esters is 1. The van der Waals surface area contributed by atoms with Gasteiger partial charge < -0.3 is 14.8 Å². The van der Waals surface area contributed by atoms with Gasteiger partial charge >= 0.3 is 12.3 Å². The van der Waals surface area contributed by atoms with Gasteiger partial charge in [0.1, 0.15) is 5.75 Å². The maximum absolute atomic E-state index is 12.0. The van der Waals surface area contributed by atoms with Gasteiger partial charge in [0.2, 0.25) is 0 Å². The van der Waals surface area contributed by atoms with Crippen LogP contribution in [0.3, 0.4) is 0 Å². The van der Waals surface area contributed by atoms with Crippen molar-refractivity contribution in [3.8, 4) is 5.75 Å². The summed E-state index contributed by atoms with van der Waals surface area (Å²) in [6.45, 7) is -0.547. The molecule has 1 amide bonds. The Labute approximate surface area is 134 Å². The normalized spacial score (nSPS) is 10.8. The van der Waals surface area contributed by atoms with Crippen molar-refractivity contribution >= 4 is 17.6 Å². The lowest BCUT2D eigenvalue weighted by Crippen LogP contribution is -2.21. The molecule has 0 spiro atoms. The van der Waals surface area contributed by atoms with Crippen LogP contribution in [0.25, 0.3) is 0 Å². The zero-order chi connectivity index (χ0) is 17.6. The van der Waals surface area contributed by atoms with Gasteiger partial charge in [-0.2, -0.15) is 0 Å². The van der Waals surface area contributed by atoms with E-state index < -0.39 is 30.6 Å². The minimum Gasteiger partial charge on any atom is -0.452 e. The van der Waals surface area contributed by atoms with E-state index in [-0.39, 0.29) is 11.3 Å². The van der Waals surface area contributed by atoms with Crippen molar-refractivity contribution in [2.24, 2.45) is 0 Å². The summed E-state index contributed by atoms with van der Waals surface area (Å²) in [5, 5.41) is 2.37. The molecule has 0 aliphatic carbocycles. The summed E-state index contributed by atoms with van der Waals surface area (Å²) in [4.78, 5) is 27.0. The molecule has 2 aromatic rings.